The summed E-state index contributed by atoms with van der Waals surface area (Å²) >= 11 is 12.4. The molecular formula is C23H16Cl2N2O2. The fourth-order valence-corrected chi connectivity index (χ4v) is 3.71. The van der Waals surface area contributed by atoms with Crippen LogP contribution in [0.2, 0.25) is 10.0 Å². The molecule has 0 fully saturated rings. The van der Waals surface area contributed by atoms with Gasteiger partial charge in [-0.3, -0.25) is 14.5 Å². The standard InChI is InChI=1S/C23H16Cl2N2O2/c24-16-11-12-18(19(25)13-16)20-21(26-17-9-5-2-6-10-17)23(29)27(22(20)28)14-15-7-3-1-4-8-15/h1-13,26H,14H2. The van der Waals surface area contributed by atoms with Crippen LogP contribution in [0.5, 0.6) is 0 Å². The van der Waals surface area contributed by atoms with Gasteiger partial charge in [-0.05, 0) is 29.8 Å². The molecule has 0 aromatic heterocycles. The third-order valence-corrected chi connectivity index (χ3v) is 5.14. The zero-order valence-corrected chi connectivity index (χ0v) is 16.7. The molecule has 0 radical (unpaired) electrons. The van der Waals surface area contributed by atoms with Crippen LogP contribution < -0.4 is 5.32 Å². The number of amides is 2. The van der Waals surface area contributed by atoms with Crippen LogP contribution in [0.4, 0.5) is 5.69 Å². The molecular weight excluding hydrogens is 407 g/mol. The molecule has 3 aromatic rings. The first-order chi connectivity index (χ1) is 14.0. The topological polar surface area (TPSA) is 49.4 Å². The minimum atomic E-state index is -0.401. The first kappa shape index (κ1) is 19.2. The minimum Gasteiger partial charge on any atom is -0.350 e. The number of nitrogens with zero attached hydrogens (tertiary/aromatic N) is 1. The van der Waals surface area contributed by atoms with Crippen LogP contribution in [-0.2, 0) is 16.1 Å². The Morgan fingerprint density at radius 3 is 2.10 bits per heavy atom. The summed E-state index contributed by atoms with van der Waals surface area (Å²) in [6.07, 6.45) is 0. The smallest absolute Gasteiger partial charge is 0.278 e. The Labute approximate surface area is 178 Å². The third-order valence-electron chi connectivity index (χ3n) is 4.60. The largest absolute Gasteiger partial charge is 0.350 e. The van der Waals surface area contributed by atoms with Crippen molar-refractivity contribution >= 4 is 46.3 Å². The molecule has 0 unspecified atom stereocenters. The molecule has 0 bridgehead atoms. The third kappa shape index (κ3) is 3.90. The summed E-state index contributed by atoms with van der Waals surface area (Å²) in [6, 6.07) is 23.5. The molecule has 1 N–H and O–H groups in total. The maximum Gasteiger partial charge on any atom is 0.278 e. The quantitative estimate of drug-likeness (QED) is 0.561. The number of anilines is 1. The number of para-hydroxylation sites is 1. The first-order valence-corrected chi connectivity index (χ1v) is 9.72. The number of nitrogens with one attached hydrogen (secondary N) is 1. The normalized spacial score (nSPS) is 13.9. The zero-order valence-electron chi connectivity index (χ0n) is 15.2. The van der Waals surface area contributed by atoms with Crippen LogP contribution in [0.1, 0.15) is 11.1 Å². The molecule has 144 valence electrons. The Morgan fingerprint density at radius 1 is 0.793 bits per heavy atom. The summed E-state index contributed by atoms with van der Waals surface area (Å²) in [4.78, 5) is 27.7. The number of halogens is 2. The lowest BCUT2D eigenvalue weighted by Gasteiger charge is -2.15. The molecule has 0 saturated heterocycles. The molecule has 0 atom stereocenters. The van der Waals surface area contributed by atoms with Gasteiger partial charge in [0.15, 0.2) is 0 Å². The fraction of sp³-hybridized carbons (Fsp3) is 0.0435. The number of carbonyl (C=O) groups is 2. The Bertz CT molecular complexity index is 1110. The van der Waals surface area contributed by atoms with Gasteiger partial charge in [-0.1, -0.05) is 77.8 Å². The number of hydrogen-bond donors (Lipinski definition) is 1. The van der Waals surface area contributed by atoms with Crippen molar-refractivity contribution < 1.29 is 9.59 Å². The molecule has 2 amide bonds. The van der Waals surface area contributed by atoms with Gasteiger partial charge in [0.05, 0.1) is 17.1 Å². The lowest BCUT2D eigenvalue weighted by Crippen LogP contribution is -2.32. The van der Waals surface area contributed by atoms with E-state index in [9.17, 15) is 9.59 Å². The lowest BCUT2D eigenvalue weighted by molar-refractivity contribution is -0.137. The highest BCUT2D eigenvalue weighted by Gasteiger charge is 2.39. The Morgan fingerprint density at radius 2 is 1.45 bits per heavy atom. The van der Waals surface area contributed by atoms with Gasteiger partial charge in [0.1, 0.15) is 5.70 Å². The number of carbonyl (C=O) groups excluding carboxylic acids is 2. The Hall–Kier alpha value is -3.08. The Balaban J connectivity index is 1.78. The monoisotopic (exact) mass is 422 g/mol. The van der Waals surface area contributed by atoms with E-state index in [-0.39, 0.29) is 17.8 Å². The second-order valence-electron chi connectivity index (χ2n) is 6.55. The van der Waals surface area contributed by atoms with Crippen LogP contribution in [0.25, 0.3) is 5.57 Å². The predicted octanol–water partition coefficient (Wildman–Crippen LogP) is 5.39. The molecule has 1 heterocycles. The van der Waals surface area contributed by atoms with Crippen molar-refractivity contribution in [1.82, 2.24) is 4.90 Å². The molecule has 4 nitrogen and oxygen atoms in total. The average Bonchev–Trinajstić information content (AvgIpc) is 2.94. The highest BCUT2D eigenvalue weighted by atomic mass is 35.5. The summed E-state index contributed by atoms with van der Waals surface area (Å²) in [5, 5.41) is 3.86. The molecule has 29 heavy (non-hydrogen) atoms. The van der Waals surface area contributed by atoms with Crippen LogP contribution in [-0.4, -0.2) is 16.7 Å². The summed E-state index contributed by atoms with van der Waals surface area (Å²) < 4.78 is 0. The van der Waals surface area contributed by atoms with E-state index in [4.69, 9.17) is 23.2 Å². The summed E-state index contributed by atoms with van der Waals surface area (Å²) in [5.74, 6) is -0.801. The van der Waals surface area contributed by atoms with E-state index in [2.05, 4.69) is 5.32 Å². The van der Waals surface area contributed by atoms with Gasteiger partial charge in [-0.25, -0.2) is 0 Å². The second kappa shape index (κ2) is 8.11. The van der Waals surface area contributed by atoms with E-state index in [0.29, 0.717) is 21.3 Å². The van der Waals surface area contributed by atoms with E-state index in [1.807, 2.05) is 60.7 Å². The van der Waals surface area contributed by atoms with E-state index in [1.54, 1.807) is 18.2 Å². The molecule has 0 saturated carbocycles. The summed E-state index contributed by atoms with van der Waals surface area (Å²) in [5.41, 5.74) is 2.45. The molecule has 1 aliphatic rings. The van der Waals surface area contributed by atoms with Gasteiger partial charge < -0.3 is 5.32 Å². The van der Waals surface area contributed by atoms with Crippen molar-refractivity contribution in [1.29, 1.82) is 0 Å². The van der Waals surface area contributed by atoms with Crippen molar-refractivity contribution in [3.05, 3.63) is 106 Å². The van der Waals surface area contributed by atoms with Crippen molar-refractivity contribution in [2.75, 3.05) is 5.32 Å². The number of rotatable bonds is 5. The predicted molar refractivity (Wildman–Crippen MR) is 115 cm³/mol. The van der Waals surface area contributed by atoms with Gasteiger partial charge in [0, 0.05) is 16.3 Å². The van der Waals surface area contributed by atoms with Crippen LogP contribution in [0, 0.1) is 0 Å². The maximum atomic E-state index is 13.3. The average molecular weight is 423 g/mol. The van der Waals surface area contributed by atoms with E-state index in [0.717, 1.165) is 5.56 Å². The highest BCUT2D eigenvalue weighted by Crippen LogP contribution is 2.35. The van der Waals surface area contributed by atoms with Crippen LogP contribution >= 0.6 is 23.2 Å². The molecule has 3 aromatic carbocycles. The maximum absolute atomic E-state index is 13.3. The molecule has 4 rings (SSSR count). The first-order valence-electron chi connectivity index (χ1n) is 8.96. The van der Waals surface area contributed by atoms with E-state index >= 15 is 0 Å². The summed E-state index contributed by atoms with van der Waals surface area (Å²) in [6.45, 7) is 0.174. The SMILES string of the molecule is O=C1C(Nc2ccccc2)=C(c2ccc(Cl)cc2Cl)C(=O)N1Cc1ccccc1. The lowest BCUT2D eigenvalue weighted by atomic mass is 10.0. The second-order valence-corrected chi connectivity index (χ2v) is 7.39. The van der Waals surface area contributed by atoms with Crippen molar-refractivity contribution in [2.24, 2.45) is 0 Å². The molecule has 1 aliphatic heterocycles. The highest BCUT2D eigenvalue weighted by molar-refractivity contribution is 6.41. The van der Waals surface area contributed by atoms with Gasteiger partial charge in [0.25, 0.3) is 11.8 Å². The van der Waals surface area contributed by atoms with Crippen molar-refractivity contribution in [2.45, 2.75) is 6.54 Å². The Kier molecular flexibility index (Phi) is 5.38. The van der Waals surface area contributed by atoms with Crippen LogP contribution in [0.3, 0.4) is 0 Å². The molecule has 0 spiro atoms. The number of benzene rings is 3. The van der Waals surface area contributed by atoms with Gasteiger partial charge in [0.2, 0.25) is 0 Å². The van der Waals surface area contributed by atoms with Crippen LogP contribution in [0.15, 0.2) is 84.6 Å². The van der Waals surface area contributed by atoms with E-state index < -0.39 is 11.8 Å². The number of hydrogen-bond acceptors (Lipinski definition) is 3. The van der Waals surface area contributed by atoms with E-state index in [1.165, 1.54) is 4.90 Å². The van der Waals surface area contributed by atoms with Crippen molar-refractivity contribution in [3.8, 4) is 0 Å². The van der Waals surface area contributed by atoms with Gasteiger partial charge in [-0.2, -0.15) is 0 Å². The fourth-order valence-electron chi connectivity index (χ4n) is 3.21. The summed E-state index contributed by atoms with van der Waals surface area (Å²) in [7, 11) is 0. The number of imide groups is 1. The minimum absolute atomic E-state index is 0.174. The molecule has 0 aliphatic carbocycles. The zero-order chi connectivity index (χ0) is 20.4. The van der Waals surface area contributed by atoms with Crippen molar-refractivity contribution in [3.63, 3.8) is 0 Å². The van der Waals surface area contributed by atoms with Gasteiger partial charge in [-0.15, -0.1) is 0 Å². The molecule has 6 heteroatoms. The van der Waals surface area contributed by atoms with Gasteiger partial charge >= 0.3 is 0 Å².